The number of pyridine rings is 1. The minimum Gasteiger partial charge on any atom is -0.304 e. The predicted octanol–water partition coefficient (Wildman–Crippen LogP) is -0.254. The Labute approximate surface area is 118 Å². The number of aromatic nitrogens is 1. The van der Waals surface area contributed by atoms with Crippen LogP contribution in [-0.2, 0) is 10.0 Å². The van der Waals surface area contributed by atoms with Gasteiger partial charge in [0, 0.05) is 45.5 Å². The maximum Gasteiger partial charge on any atom is 0.261 e. The van der Waals surface area contributed by atoms with Gasteiger partial charge >= 0.3 is 0 Å². The molecule has 1 aromatic heterocycles. The summed E-state index contributed by atoms with van der Waals surface area (Å²) in [5.41, 5.74) is 0. The molecular formula is C12H19FN4O2S. The number of hydrogen-bond donors (Lipinski definition) is 1. The second-order valence-corrected chi connectivity index (χ2v) is 6.52. The monoisotopic (exact) mass is 302 g/mol. The van der Waals surface area contributed by atoms with Gasteiger partial charge in [-0.15, -0.1) is 0 Å². The first-order valence-corrected chi connectivity index (χ1v) is 7.98. The summed E-state index contributed by atoms with van der Waals surface area (Å²) in [6.45, 7) is 4.64. The summed E-state index contributed by atoms with van der Waals surface area (Å²) in [5, 5.41) is -0.543. The number of nitrogens with zero attached hydrogens (tertiary/aromatic N) is 3. The summed E-state index contributed by atoms with van der Waals surface area (Å²) in [5.74, 6) is -0.834. The zero-order valence-corrected chi connectivity index (χ0v) is 12.2. The van der Waals surface area contributed by atoms with Crippen LogP contribution in [0.4, 0.5) is 4.39 Å². The SMILES string of the molecule is CN1CCN(CCNS(=O)(=O)c2ncccc2F)CC1. The first-order valence-electron chi connectivity index (χ1n) is 6.50. The molecule has 8 heteroatoms. The molecule has 0 radical (unpaired) electrons. The number of likely N-dealkylation sites (N-methyl/N-ethyl adjacent to an activating group) is 1. The van der Waals surface area contributed by atoms with Gasteiger partial charge in [-0.2, -0.15) is 0 Å². The van der Waals surface area contributed by atoms with E-state index >= 15 is 0 Å². The maximum atomic E-state index is 13.4. The van der Waals surface area contributed by atoms with Crippen molar-refractivity contribution in [2.75, 3.05) is 46.3 Å². The molecule has 0 unspecified atom stereocenters. The molecule has 1 saturated heterocycles. The van der Waals surface area contributed by atoms with Crippen molar-refractivity contribution >= 4 is 10.0 Å². The first-order chi connectivity index (χ1) is 9.49. The topological polar surface area (TPSA) is 65.5 Å². The Kier molecular flexibility index (Phi) is 5.03. The van der Waals surface area contributed by atoms with Gasteiger partial charge in [0.2, 0.25) is 5.03 Å². The third-order valence-electron chi connectivity index (χ3n) is 3.30. The smallest absolute Gasteiger partial charge is 0.261 e. The quantitative estimate of drug-likeness (QED) is 0.812. The molecule has 1 aromatic rings. The Hall–Kier alpha value is -1.09. The van der Waals surface area contributed by atoms with Crippen molar-refractivity contribution in [3.63, 3.8) is 0 Å². The van der Waals surface area contributed by atoms with E-state index < -0.39 is 20.9 Å². The molecule has 2 heterocycles. The second kappa shape index (κ2) is 6.57. The van der Waals surface area contributed by atoms with E-state index in [-0.39, 0.29) is 6.54 Å². The molecular weight excluding hydrogens is 283 g/mol. The molecule has 1 N–H and O–H groups in total. The Balaban J connectivity index is 1.86. The average molecular weight is 302 g/mol. The zero-order chi connectivity index (χ0) is 14.6. The number of halogens is 1. The molecule has 6 nitrogen and oxygen atoms in total. The van der Waals surface area contributed by atoms with E-state index in [1.54, 1.807) is 0 Å². The van der Waals surface area contributed by atoms with Gasteiger partial charge in [-0.05, 0) is 19.2 Å². The van der Waals surface area contributed by atoms with Crippen molar-refractivity contribution in [3.8, 4) is 0 Å². The summed E-state index contributed by atoms with van der Waals surface area (Å²) in [6.07, 6.45) is 1.26. The number of hydrogen-bond acceptors (Lipinski definition) is 5. The van der Waals surface area contributed by atoms with Crippen molar-refractivity contribution in [3.05, 3.63) is 24.1 Å². The molecule has 1 aliphatic heterocycles. The lowest BCUT2D eigenvalue weighted by Gasteiger charge is -2.32. The molecule has 2 rings (SSSR count). The van der Waals surface area contributed by atoms with Gasteiger partial charge in [0.05, 0.1) is 0 Å². The molecule has 0 amide bonds. The summed E-state index contributed by atoms with van der Waals surface area (Å²) in [7, 11) is -1.82. The van der Waals surface area contributed by atoms with E-state index in [4.69, 9.17) is 0 Å². The zero-order valence-electron chi connectivity index (χ0n) is 11.4. The predicted molar refractivity (Wildman–Crippen MR) is 73.3 cm³/mol. The van der Waals surface area contributed by atoms with E-state index in [0.29, 0.717) is 6.54 Å². The Morgan fingerprint density at radius 3 is 2.70 bits per heavy atom. The Morgan fingerprint density at radius 2 is 2.05 bits per heavy atom. The summed E-state index contributed by atoms with van der Waals surface area (Å²) in [4.78, 5) is 7.98. The lowest BCUT2D eigenvalue weighted by atomic mass is 10.3. The lowest BCUT2D eigenvalue weighted by molar-refractivity contribution is 0.156. The van der Waals surface area contributed by atoms with E-state index in [2.05, 4.69) is 26.6 Å². The minimum atomic E-state index is -3.88. The van der Waals surface area contributed by atoms with Crippen LogP contribution in [0.25, 0.3) is 0 Å². The molecule has 0 saturated carbocycles. The van der Waals surface area contributed by atoms with Crippen LogP contribution in [0.3, 0.4) is 0 Å². The number of piperazine rings is 1. The van der Waals surface area contributed by atoms with Crippen molar-refractivity contribution in [1.29, 1.82) is 0 Å². The highest BCUT2D eigenvalue weighted by molar-refractivity contribution is 7.89. The Morgan fingerprint density at radius 1 is 1.35 bits per heavy atom. The summed E-state index contributed by atoms with van der Waals surface area (Å²) >= 11 is 0. The van der Waals surface area contributed by atoms with Crippen molar-refractivity contribution in [2.24, 2.45) is 0 Å². The lowest BCUT2D eigenvalue weighted by Crippen LogP contribution is -2.46. The molecule has 20 heavy (non-hydrogen) atoms. The number of rotatable bonds is 5. The fourth-order valence-corrected chi connectivity index (χ4v) is 3.07. The summed E-state index contributed by atoms with van der Waals surface area (Å²) in [6, 6.07) is 2.45. The van der Waals surface area contributed by atoms with Gasteiger partial charge in [0.15, 0.2) is 5.82 Å². The molecule has 1 aliphatic rings. The highest BCUT2D eigenvalue weighted by Crippen LogP contribution is 2.09. The van der Waals surface area contributed by atoms with Gasteiger partial charge in [0.1, 0.15) is 0 Å². The van der Waals surface area contributed by atoms with Crippen LogP contribution in [0.2, 0.25) is 0 Å². The fourth-order valence-electron chi connectivity index (χ4n) is 2.05. The highest BCUT2D eigenvalue weighted by atomic mass is 32.2. The van der Waals surface area contributed by atoms with E-state index in [1.165, 1.54) is 12.3 Å². The van der Waals surface area contributed by atoms with E-state index in [0.717, 1.165) is 32.2 Å². The van der Waals surface area contributed by atoms with Crippen LogP contribution in [0.15, 0.2) is 23.4 Å². The molecule has 0 spiro atoms. The molecule has 0 atom stereocenters. The van der Waals surface area contributed by atoms with Crippen LogP contribution in [0, 0.1) is 5.82 Å². The number of sulfonamides is 1. The third-order valence-corrected chi connectivity index (χ3v) is 4.69. The van der Waals surface area contributed by atoms with Crippen molar-refractivity contribution in [1.82, 2.24) is 19.5 Å². The van der Waals surface area contributed by atoms with Crippen LogP contribution < -0.4 is 4.72 Å². The van der Waals surface area contributed by atoms with Crippen molar-refractivity contribution < 1.29 is 12.8 Å². The van der Waals surface area contributed by atoms with Crippen LogP contribution >= 0.6 is 0 Å². The van der Waals surface area contributed by atoms with Crippen molar-refractivity contribution in [2.45, 2.75) is 5.03 Å². The van der Waals surface area contributed by atoms with E-state index in [9.17, 15) is 12.8 Å². The molecule has 112 valence electrons. The normalized spacial score (nSPS) is 18.3. The maximum absolute atomic E-state index is 13.4. The first kappa shape index (κ1) is 15.3. The summed E-state index contributed by atoms with van der Waals surface area (Å²) < 4.78 is 39.6. The Bertz CT molecular complexity index is 544. The van der Waals surface area contributed by atoms with Gasteiger partial charge in [-0.25, -0.2) is 22.5 Å². The van der Waals surface area contributed by atoms with Gasteiger partial charge in [0.25, 0.3) is 10.0 Å². The standard InChI is InChI=1S/C12H19FN4O2S/c1-16-7-9-17(10-8-16)6-5-15-20(18,19)12-11(13)3-2-4-14-12/h2-4,15H,5-10H2,1H3. The molecule has 1 fully saturated rings. The van der Waals surface area contributed by atoms with Crippen LogP contribution in [0.5, 0.6) is 0 Å². The van der Waals surface area contributed by atoms with E-state index in [1.807, 2.05) is 0 Å². The van der Waals surface area contributed by atoms with Crippen LogP contribution in [-0.4, -0.2) is 69.5 Å². The molecule has 0 aliphatic carbocycles. The largest absolute Gasteiger partial charge is 0.304 e. The average Bonchev–Trinajstić information content (AvgIpc) is 2.41. The van der Waals surface area contributed by atoms with Gasteiger partial charge < -0.3 is 4.90 Å². The minimum absolute atomic E-state index is 0.252. The molecule has 0 bridgehead atoms. The van der Waals surface area contributed by atoms with Gasteiger partial charge in [-0.3, -0.25) is 4.90 Å². The third kappa shape index (κ3) is 3.95. The fraction of sp³-hybridized carbons (Fsp3) is 0.583. The molecule has 0 aromatic carbocycles. The van der Waals surface area contributed by atoms with Gasteiger partial charge in [-0.1, -0.05) is 0 Å². The second-order valence-electron chi connectivity index (χ2n) is 4.83. The highest BCUT2D eigenvalue weighted by Gasteiger charge is 2.20. The van der Waals surface area contributed by atoms with Crippen LogP contribution in [0.1, 0.15) is 0 Å². The number of nitrogens with one attached hydrogen (secondary N) is 1.